The lowest BCUT2D eigenvalue weighted by Crippen LogP contribution is -2.16. The molecule has 1 aliphatic rings. The zero-order chi connectivity index (χ0) is 19.3. The first-order valence-corrected chi connectivity index (χ1v) is 10.0. The van der Waals surface area contributed by atoms with Gasteiger partial charge in [0.05, 0.1) is 0 Å². The average molecular weight is 364 g/mol. The lowest BCUT2D eigenvalue weighted by Gasteiger charge is -2.22. The van der Waals surface area contributed by atoms with Crippen molar-refractivity contribution in [1.82, 2.24) is 0 Å². The SMILES string of the molecule is CC1(C)c2ccccc2-c2ccc(CC(N)c3ccc4ccccc4c3)cc21. The first-order chi connectivity index (χ1) is 13.5. The van der Waals surface area contributed by atoms with Gasteiger partial charge < -0.3 is 5.73 Å². The molecule has 4 aromatic carbocycles. The maximum Gasteiger partial charge on any atom is 0.0335 e. The smallest absolute Gasteiger partial charge is 0.0335 e. The van der Waals surface area contributed by atoms with Crippen LogP contribution in [0.15, 0.2) is 84.9 Å². The highest BCUT2D eigenvalue weighted by molar-refractivity contribution is 5.83. The Morgan fingerprint density at radius 2 is 1.43 bits per heavy atom. The molecule has 1 heteroatoms. The van der Waals surface area contributed by atoms with Crippen LogP contribution in [0.3, 0.4) is 0 Å². The van der Waals surface area contributed by atoms with E-state index in [1.54, 1.807) is 0 Å². The summed E-state index contributed by atoms with van der Waals surface area (Å²) in [6, 6.07) is 30.7. The van der Waals surface area contributed by atoms with Crippen LogP contribution in [-0.2, 0) is 11.8 Å². The molecule has 5 rings (SSSR count). The van der Waals surface area contributed by atoms with E-state index in [1.807, 2.05) is 0 Å². The first kappa shape index (κ1) is 17.2. The summed E-state index contributed by atoms with van der Waals surface area (Å²) in [6.45, 7) is 4.65. The van der Waals surface area contributed by atoms with Crippen molar-refractivity contribution in [2.75, 3.05) is 0 Å². The Balaban J connectivity index is 1.47. The standard InChI is InChI=1S/C27H25N/c1-27(2)24-10-6-5-9-22(24)23-14-11-18(15-25(23)27)16-26(28)21-13-12-19-7-3-4-8-20(19)17-21/h3-15,17,26H,16,28H2,1-2H3. The van der Waals surface area contributed by atoms with E-state index in [0.717, 1.165) is 6.42 Å². The molecule has 4 aromatic rings. The van der Waals surface area contributed by atoms with Crippen LogP contribution in [0.2, 0.25) is 0 Å². The molecule has 0 fully saturated rings. The second kappa shape index (κ2) is 6.32. The van der Waals surface area contributed by atoms with E-state index < -0.39 is 0 Å². The monoisotopic (exact) mass is 363 g/mol. The molecule has 28 heavy (non-hydrogen) atoms. The van der Waals surface area contributed by atoms with Crippen molar-refractivity contribution in [3.05, 3.63) is 107 Å². The lowest BCUT2D eigenvalue weighted by atomic mass is 9.81. The van der Waals surface area contributed by atoms with Crippen LogP contribution in [0.1, 0.15) is 42.1 Å². The van der Waals surface area contributed by atoms with Gasteiger partial charge in [0.2, 0.25) is 0 Å². The average Bonchev–Trinajstić information content (AvgIpc) is 2.95. The highest BCUT2D eigenvalue weighted by Crippen LogP contribution is 2.48. The van der Waals surface area contributed by atoms with Gasteiger partial charge in [-0.25, -0.2) is 0 Å². The Hall–Kier alpha value is -2.90. The fourth-order valence-electron chi connectivity index (χ4n) is 4.69. The fourth-order valence-corrected chi connectivity index (χ4v) is 4.69. The molecule has 2 N–H and O–H groups in total. The van der Waals surface area contributed by atoms with Gasteiger partial charge in [0, 0.05) is 11.5 Å². The molecule has 1 aliphatic carbocycles. The van der Waals surface area contributed by atoms with E-state index in [9.17, 15) is 0 Å². The van der Waals surface area contributed by atoms with E-state index in [2.05, 4.69) is 98.8 Å². The molecule has 0 amide bonds. The maximum absolute atomic E-state index is 6.62. The van der Waals surface area contributed by atoms with Crippen LogP contribution < -0.4 is 5.73 Å². The van der Waals surface area contributed by atoms with Crippen molar-refractivity contribution in [3.63, 3.8) is 0 Å². The maximum atomic E-state index is 6.62. The number of fused-ring (bicyclic) bond motifs is 4. The van der Waals surface area contributed by atoms with Gasteiger partial charge >= 0.3 is 0 Å². The number of rotatable bonds is 3. The zero-order valence-electron chi connectivity index (χ0n) is 16.4. The Morgan fingerprint density at radius 3 is 2.29 bits per heavy atom. The molecule has 0 saturated heterocycles. The van der Waals surface area contributed by atoms with Crippen LogP contribution >= 0.6 is 0 Å². The number of hydrogen-bond acceptors (Lipinski definition) is 1. The highest BCUT2D eigenvalue weighted by atomic mass is 14.6. The van der Waals surface area contributed by atoms with Gasteiger partial charge in [0.15, 0.2) is 0 Å². The molecule has 0 aliphatic heterocycles. The summed E-state index contributed by atoms with van der Waals surface area (Å²) in [5.74, 6) is 0. The summed E-state index contributed by atoms with van der Waals surface area (Å²) in [5.41, 5.74) is 14.7. The van der Waals surface area contributed by atoms with Gasteiger partial charge in [-0.2, -0.15) is 0 Å². The highest BCUT2D eigenvalue weighted by Gasteiger charge is 2.35. The van der Waals surface area contributed by atoms with E-state index in [1.165, 1.54) is 44.2 Å². The van der Waals surface area contributed by atoms with Crippen LogP contribution in [-0.4, -0.2) is 0 Å². The molecule has 0 spiro atoms. The Bertz CT molecular complexity index is 1190. The Labute approximate surface area is 166 Å². The van der Waals surface area contributed by atoms with Crippen LogP contribution in [0.5, 0.6) is 0 Å². The normalized spacial score (nSPS) is 15.2. The van der Waals surface area contributed by atoms with Crippen molar-refractivity contribution < 1.29 is 0 Å². The molecule has 0 heterocycles. The minimum atomic E-state index is -0.00505. The summed E-state index contributed by atoms with van der Waals surface area (Å²) >= 11 is 0. The van der Waals surface area contributed by atoms with Crippen molar-refractivity contribution in [2.24, 2.45) is 5.73 Å². The van der Waals surface area contributed by atoms with Gasteiger partial charge in [0.1, 0.15) is 0 Å². The topological polar surface area (TPSA) is 26.0 Å². The lowest BCUT2D eigenvalue weighted by molar-refractivity contribution is 0.656. The molecule has 0 aromatic heterocycles. The summed E-state index contributed by atoms with van der Waals surface area (Å²) in [7, 11) is 0. The number of benzene rings is 4. The Morgan fingerprint density at radius 1 is 0.714 bits per heavy atom. The summed E-state index contributed by atoms with van der Waals surface area (Å²) in [5, 5.41) is 2.51. The molecule has 138 valence electrons. The third-order valence-electron chi connectivity index (χ3n) is 6.31. The summed E-state index contributed by atoms with van der Waals surface area (Å²) < 4.78 is 0. The molecule has 0 radical (unpaired) electrons. The van der Waals surface area contributed by atoms with Crippen LogP contribution in [0, 0.1) is 0 Å². The Kier molecular flexibility index (Phi) is 3.89. The van der Waals surface area contributed by atoms with Crippen molar-refractivity contribution in [2.45, 2.75) is 31.7 Å². The van der Waals surface area contributed by atoms with E-state index in [0.29, 0.717) is 0 Å². The largest absolute Gasteiger partial charge is 0.324 e. The molecule has 1 nitrogen and oxygen atoms in total. The fraction of sp³-hybridized carbons (Fsp3) is 0.185. The first-order valence-electron chi connectivity index (χ1n) is 10.0. The minimum Gasteiger partial charge on any atom is -0.324 e. The molecule has 0 saturated carbocycles. The third kappa shape index (κ3) is 2.66. The predicted molar refractivity (Wildman–Crippen MR) is 119 cm³/mol. The van der Waals surface area contributed by atoms with Crippen molar-refractivity contribution in [3.8, 4) is 11.1 Å². The van der Waals surface area contributed by atoms with Crippen LogP contribution in [0.4, 0.5) is 0 Å². The third-order valence-corrected chi connectivity index (χ3v) is 6.31. The van der Waals surface area contributed by atoms with Crippen molar-refractivity contribution >= 4 is 10.8 Å². The van der Waals surface area contributed by atoms with Gasteiger partial charge in [-0.15, -0.1) is 0 Å². The molecule has 1 unspecified atom stereocenters. The molecular formula is C27H25N. The number of nitrogens with two attached hydrogens (primary N) is 1. The van der Waals surface area contributed by atoms with Crippen LogP contribution in [0.25, 0.3) is 21.9 Å². The number of hydrogen-bond donors (Lipinski definition) is 1. The van der Waals surface area contributed by atoms with Gasteiger partial charge in [-0.05, 0) is 56.6 Å². The van der Waals surface area contributed by atoms with Crippen molar-refractivity contribution in [1.29, 1.82) is 0 Å². The van der Waals surface area contributed by atoms with E-state index in [-0.39, 0.29) is 11.5 Å². The second-order valence-corrected chi connectivity index (χ2v) is 8.47. The zero-order valence-corrected chi connectivity index (χ0v) is 16.4. The van der Waals surface area contributed by atoms with Gasteiger partial charge in [-0.3, -0.25) is 0 Å². The summed E-state index contributed by atoms with van der Waals surface area (Å²) in [6.07, 6.45) is 0.845. The van der Waals surface area contributed by atoms with Gasteiger partial charge in [0.25, 0.3) is 0 Å². The van der Waals surface area contributed by atoms with Gasteiger partial charge in [-0.1, -0.05) is 92.7 Å². The van der Waals surface area contributed by atoms with E-state index >= 15 is 0 Å². The minimum absolute atomic E-state index is 0.00505. The predicted octanol–water partition coefficient (Wildman–Crippen LogP) is 6.39. The molecular weight excluding hydrogens is 338 g/mol. The second-order valence-electron chi connectivity index (χ2n) is 8.47. The quantitative estimate of drug-likeness (QED) is 0.448. The molecule has 0 bridgehead atoms. The van der Waals surface area contributed by atoms with E-state index in [4.69, 9.17) is 5.73 Å². The summed E-state index contributed by atoms with van der Waals surface area (Å²) in [4.78, 5) is 0. The molecule has 1 atom stereocenters.